The van der Waals surface area contributed by atoms with Gasteiger partial charge in [0.1, 0.15) is 11.2 Å². The summed E-state index contributed by atoms with van der Waals surface area (Å²) in [5.41, 5.74) is 2.32. The molecule has 88 valence electrons. The lowest BCUT2D eigenvalue weighted by Gasteiger charge is -2.04. The van der Waals surface area contributed by atoms with E-state index in [0.29, 0.717) is 0 Å². The second kappa shape index (κ2) is 4.78. The summed E-state index contributed by atoms with van der Waals surface area (Å²) in [6.07, 6.45) is 3.95. The van der Waals surface area contributed by atoms with E-state index in [4.69, 9.17) is 0 Å². The Bertz CT molecular complexity index is 680. The SMILES string of the molecule is CSc1nc[n+](-c2ccccc2)c2ccccc12. The smallest absolute Gasteiger partial charge is 0.195 e. The van der Waals surface area contributed by atoms with Crippen LogP contribution in [0.4, 0.5) is 0 Å². The Morgan fingerprint density at radius 2 is 1.67 bits per heavy atom. The molecule has 0 spiro atoms. The van der Waals surface area contributed by atoms with Crippen molar-refractivity contribution in [3.8, 4) is 5.69 Å². The summed E-state index contributed by atoms with van der Waals surface area (Å²) in [5.74, 6) is 0. The number of para-hydroxylation sites is 2. The van der Waals surface area contributed by atoms with Gasteiger partial charge in [0.25, 0.3) is 6.33 Å². The Hall–Kier alpha value is -1.87. The summed E-state index contributed by atoms with van der Waals surface area (Å²) in [7, 11) is 0. The van der Waals surface area contributed by atoms with Crippen molar-refractivity contribution in [1.29, 1.82) is 0 Å². The molecule has 1 heterocycles. The molecule has 0 N–H and O–H groups in total. The first kappa shape index (κ1) is 11.2. The van der Waals surface area contributed by atoms with Crippen LogP contribution in [0.5, 0.6) is 0 Å². The minimum absolute atomic E-state index is 1.07. The van der Waals surface area contributed by atoms with Crippen molar-refractivity contribution in [1.82, 2.24) is 4.98 Å². The molecule has 2 nitrogen and oxygen atoms in total. The molecule has 0 aliphatic carbocycles. The van der Waals surface area contributed by atoms with Gasteiger partial charge < -0.3 is 0 Å². The lowest BCUT2D eigenvalue weighted by molar-refractivity contribution is -0.571. The van der Waals surface area contributed by atoms with Crippen LogP contribution in [0, 0.1) is 0 Å². The van der Waals surface area contributed by atoms with Crippen molar-refractivity contribution in [3.63, 3.8) is 0 Å². The van der Waals surface area contributed by atoms with E-state index in [1.165, 1.54) is 10.9 Å². The van der Waals surface area contributed by atoms with Crippen LogP contribution in [0.3, 0.4) is 0 Å². The Kier molecular flexibility index (Phi) is 2.99. The molecule has 0 amide bonds. The summed E-state index contributed by atoms with van der Waals surface area (Å²) < 4.78 is 2.12. The molecule has 0 aliphatic heterocycles. The number of fused-ring (bicyclic) bond motifs is 1. The highest BCUT2D eigenvalue weighted by molar-refractivity contribution is 7.98. The predicted molar refractivity (Wildman–Crippen MR) is 75.1 cm³/mol. The van der Waals surface area contributed by atoms with E-state index in [1.54, 1.807) is 11.8 Å². The summed E-state index contributed by atoms with van der Waals surface area (Å²) in [6.45, 7) is 0. The topological polar surface area (TPSA) is 16.8 Å². The van der Waals surface area contributed by atoms with Gasteiger partial charge in [-0.05, 0) is 35.5 Å². The minimum Gasteiger partial charge on any atom is -0.195 e. The van der Waals surface area contributed by atoms with Crippen molar-refractivity contribution in [3.05, 3.63) is 60.9 Å². The van der Waals surface area contributed by atoms with E-state index in [-0.39, 0.29) is 0 Å². The zero-order valence-electron chi connectivity index (χ0n) is 10.1. The second-order valence-corrected chi connectivity index (χ2v) is 4.77. The molecule has 0 atom stereocenters. The number of hydrogen-bond acceptors (Lipinski definition) is 2. The van der Waals surface area contributed by atoms with Crippen LogP contribution in [0.25, 0.3) is 16.6 Å². The quantitative estimate of drug-likeness (QED) is 0.396. The minimum atomic E-state index is 1.07. The van der Waals surface area contributed by atoms with Crippen molar-refractivity contribution >= 4 is 22.7 Å². The molecule has 3 aromatic rings. The number of nitrogens with zero attached hydrogens (tertiary/aromatic N) is 2. The zero-order chi connectivity index (χ0) is 12.4. The Labute approximate surface area is 110 Å². The number of thioether (sulfide) groups is 1. The monoisotopic (exact) mass is 253 g/mol. The fourth-order valence-electron chi connectivity index (χ4n) is 2.06. The fraction of sp³-hybridized carbons (Fsp3) is 0.0667. The van der Waals surface area contributed by atoms with Crippen molar-refractivity contribution < 1.29 is 4.57 Å². The highest BCUT2D eigenvalue weighted by Gasteiger charge is 2.13. The Balaban J connectivity index is 2.32. The van der Waals surface area contributed by atoms with Crippen molar-refractivity contribution in [2.24, 2.45) is 0 Å². The molecule has 3 rings (SSSR count). The molecule has 3 heteroatoms. The van der Waals surface area contributed by atoms with Crippen LogP contribution in [-0.2, 0) is 0 Å². The molecule has 0 unspecified atom stereocenters. The van der Waals surface area contributed by atoms with Gasteiger partial charge in [0.05, 0.1) is 5.39 Å². The number of rotatable bonds is 2. The highest BCUT2D eigenvalue weighted by Crippen LogP contribution is 2.21. The first-order chi connectivity index (χ1) is 8.90. The summed E-state index contributed by atoms with van der Waals surface area (Å²) >= 11 is 1.68. The maximum Gasteiger partial charge on any atom is 0.293 e. The van der Waals surface area contributed by atoms with Gasteiger partial charge >= 0.3 is 0 Å². The van der Waals surface area contributed by atoms with Gasteiger partial charge in [-0.2, -0.15) is 4.57 Å². The molecule has 18 heavy (non-hydrogen) atoms. The van der Waals surface area contributed by atoms with E-state index in [9.17, 15) is 0 Å². The Morgan fingerprint density at radius 1 is 0.944 bits per heavy atom. The van der Waals surface area contributed by atoms with E-state index in [2.05, 4.69) is 52.2 Å². The van der Waals surface area contributed by atoms with E-state index in [1.807, 2.05) is 24.5 Å². The molecular weight excluding hydrogens is 240 g/mol. The largest absolute Gasteiger partial charge is 0.293 e. The molecule has 0 saturated heterocycles. The molecule has 1 aromatic heterocycles. The molecule has 0 aliphatic rings. The van der Waals surface area contributed by atoms with Gasteiger partial charge in [-0.1, -0.05) is 42.1 Å². The van der Waals surface area contributed by atoms with Gasteiger partial charge in [0.2, 0.25) is 5.03 Å². The summed E-state index contributed by atoms with van der Waals surface area (Å²) in [4.78, 5) is 4.53. The van der Waals surface area contributed by atoms with Crippen LogP contribution in [0.15, 0.2) is 66.0 Å². The lowest BCUT2D eigenvalue weighted by atomic mass is 10.2. The van der Waals surface area contributed by atoms with Gasteiger partial charge in [-0.25, -0.2) is 0 Å². The molecule has 0 saturated carbocycles. The first-order valence-electron chi connectivity index (χ1n) is 5.79. The van der Waals surface area contributed by atoms with Crippen LogP contribution in [0.2, 0.25) is 0 Å². The van der Waals surface area contributed by atoms with Gasteiger partial charge in [-0.3, -0.25) is 0 Å². The van der Waals surface area contributed by atoms with E-state index < -0.39 is 0 Å². The highest BCUT2D eigenvalue weighted by atomic mass is 32.2. The van der Waals surface area contributed by atoms with Gasteiger partial charge in [-0.15, -0.1) is 0 Å². The van der Waals surface area contributed by atoms with Gasteiger partial charge in [0, 0.05) is 0 Å². The predicted octanol–water partition coefficient (Wildman–Crippen LogP) is 3.23. The molecule has 2 aromatic carbocycles. The number of hydrogen-bond donors (Lipinski definition) is 0. The van der Waals surface area contributed by atoms with Crippen LogP contribution >= 0.6 is 11.8 Å². The van der Waals surface area contributed by atoms with Gasteiger partial charge in [0.15, 0.2) is 0 Å². The third-order valence-electron chi connectivity index (χ3n) is 2.91. The van der Waals surface area contributed by atoms with Crippen molar-refractivity contribution in [2.75, 3.05) is 6.26 Å². The first-order valence-corrected chi connectivity index (χ1v) is 7.01. The Morgan fingerprint density at radius 3 is 2.44 bits per heavy atom. The fourth-order valence-corrected chi connectivity index (χ4v) is 2.61. The maximum atomic E-state index is 4.53. The third kappa shape index (κ3) is 1.87. The van der Waals surface area contributed by atoms with E-state index in [0.717, 1.165) is 10.7 Å². The summed E-state index contributed by atoms with van der Waals surface area (Å²) in [6, 6.07) is 18.6. The van der Waals surface area contributed by atoms with Crippen molar-refractivity contribution in [2.45, 2.75) is 5.03 Å². The lowest BCUT2D eigenvalue weighted by Crippen LogP contribution is -2.32. The average molecular weight is 253 g/mol. The zero-order valence-corrected chi connectivity index (χ0v) is 10.9. The second-order valence-electron chi connectivity index (χ2n) is 3.98. The van der Waals surface area contributed by atoms with E-state index >= 15 is 0 Å². The van der Waals surface area contributed by atoms with Crippen LogP contribution < -0.4 is 4.57 Å². The molecular formula is C15H13N2S+. The summed E-state index contributed by atoms with van der Waals surface area (Å²) in [5, 5.41) is 2.26. The molecule has 0 bridgehead atoms. The standard InChI is InChI=1S/C15H13N2S/c1-18-15-13-9-5-6-10-14(13)17(11-16-15)12-7-3-2-4-8-12/h2-11H,1H3/q+1. The third-order valence-corrected chi connectivity index (χ3v) is 3.62. The maximum absolute atomic E-state index is 4.53. The van der Waals surface area contributed by atoms with Crippen LogP contribution in [0.1, 0.15) is 0 Å². The average Bonchev–Trinajstić information content (AvgIpc) is 2.47. The molecule has 0 fully saturated rings. The number of aromatic nitrogens is 2. The number of benzene rings is 2. The van der Waals surface area contributed by atoms with Crippen LogP contribution in [-0.4, -0.2) is 11.2 Å². The normalized spacial score (nSPS) is 10.7. The molecule has 0 radical (unpaired) electrons.